The third-order valence-electron chi connectivity index (χ3n) is 7.75. The zero-order valence-electron chi connectivity index (χ0n) is 28.3. The molecule has 0 bridgehead atoms. The number of azo groups is 2. The molecule has 0 atom stereocenters. The molecule has 6 aromatic carbocycles. The Bertz CT molecular complexity index is 2630. The summed E-state index contributed by atoms with van der Waals surface area (Å²) in [5.41, 5.74) is 6.91. The van der Waals surface area contributed by atoms with Crippen molar-refractivity contribution in [1.29, 1.82) is 0 Å². The Morgan fingerprint density at radius 2 is 1.50 bits per heavy atom. The first-order valence-electron chi connectivity index (χ1n) is 15.4. The summed E-state index contributed by atoms with van der Waals surface area (Å²) in [6.07, 6.45) is 0. The van der Waals surface area contributed by atoms with E-state index in [-0.39, 0.29) is 49.4 Å². The number of amides is 1. The SMILES string of the molecule is COc1cc(N=Nc2c(SOOO)cc3cc(NC(=O)c4ccc(N)cc4)ccc3c2O)c(O)cc1N=Nc1ccc2cc(SOOO)cc(S(=O)(=O)O)c2c1. The molecule has 0 heterocycles. The molecule has 0 saturated carbocycles. The third kappa shape index (κ3) is 9.12. The van der Waals surface area contributed by atoms with E-state index >= 15 is 0 Å². The number of hydrogen-bond acceptors (Lipinski definition) is 19. The maximum atomic E-state index is 12.7. The summed E-state index contributed by atoms with van der Waals surface area (Å²) in [6.45, 7) is 0. The molecule has 6 rings (SSSR count). The summed E-state index contributed by atoms with van der Waals surface area (Å²) in [5.74, 6) is -1.11. The van der Waals surface area contributed by atoms with Crippen LogP contribution in [0.15, 0.2) is 126 Å². The predicted molar refractivity (Wildman–Crippen MR) is 203 cm³/mol. The Hall–Kier alpha value is -5.92. The van der Waals surface area contributed by atoms with Crippen molar-refractivity contribution in [1.82, 2.24) is 0 Å². The van der Waals surface area contributed by atoms with Crippen molar-refractivity contribution >= 4 is 95.8 Å². The molecular weight excluding hydrogens is 797 g/mol. The van der Waals surface area contributed by atoms with Gasteiger partial charge in [-0.3, -0.25) is 9.35 Å². The van der Waals surface area contributed by atoms with Crippen LogP contribution >= 0.6 is 24.1 Å². The zero-order valence-corrected chi connectivity index (χ0v) is 30.7. The van der Waals surface area contributed by atoms with Crippen LogP contribution in [0.4, 0.5) is 34.1 Å². The van der Waals surface area contributed by atoms with Gasteiger partial charge in [-0.15, -0.1) is 24.0 Å². The van der Waals surface area contributed by atoms with Crippen molar-refractivity contribution in [3.05, 3.63) is 96.6 Å². The molecule has 19 nitrogen and oxygen atoms in total. The lowest BCUT2D eigenvalue weighted by atomic mass is 10.1. The number of nitrogen functional groups attached to an aromatic ring is 1. The van der Waals surface area contributed by atoms with Gasteiger partial charge in [-0.1, -0.05) is 16.1 Å². The van der Waals surface area contributed by atoms with E-state index in [0.29, 0.717) is 57.2 Å². The molecule has 22 heteroatoms. The second kappa shape index (κ2) is 17.3. The van der Waals surface area contributed by atoms with Crippen LogP contribution in [0.5, 0.6) is 17.2 Å². The molecule has 288 valence electrons. The highest BCUT2D eigenvalue weighted by molar-refractivity contribution is 7.95. The van der Waals surface area contributed by atoms with E-state index in [4.69, 9.17) is 21.0 Å². The average Bonchev–Trinajstić information content (AvgIpc) is 3.18. The summed E-state index contributed by atoms with van der Waals surface area (Å²) in [5, 5.41) is 67.1. The number of aromatic hydroxyl groups is 2. The van der Waals surface area contributed by atoms with E-state index in [9.17, 15) is 28.0 Å². The van der Waals surface area contributed by atoms with E-state index in [1.807, 2.05) is 0 Å². The standard InChI is InChI=1S/C34H26N6O13S3/c1-49-29-16-26(28(41)15-27(29)39-37-22-7-4-18-11-23(54-52-50-44)14-31(25(18)13-22)56(46,47)48)38-40-32-30(55-53-51-45)12-19-10-21(8-9-24(19)33(32)42)36-34(43)17-2-5-20(35)6-3-17/h2-16,41-42,44-45H,35H2,1H3,(H,36,43)(H,46,47,48). The van der Waals surface area contributed by atoms with Crippen molar-refractivity contribution in [3.63, 3.8) is 0 Å². The minimum atomic E-state index is -4.72. The Labute approximate surface area is 323 Å². The number of nitrogens with zero attached hydrogens (tertiary/aromatic N) is 4. The van der Waals surface area contributed by atoms with Crippen molar-refractivity contribution in [2.45, 2.75) is 14.7 Å². The molecule has 6 aromatic rings. The van der Waals surface area contributed by atoms with Gasteiger partial charge in [0.1, 0.15) is 33.5 Å². The van der Waals surface area contributed by atoms with Crippen molar-refractivity contribution in [2.75, 3.05) is 18.2 Å². The van der Waals surface area contributed by atoms with Crippen molar-refractivity contribution in [2.24, 2.45) is 20.5 Å². The first kappa shape index (κ1) is 39.8. The molecule has 56 heavy (non-hydrogen) atoms. The number of ether oxygens (including phenoxy) is 1. The Balaban J connectivity index is 1.29. The summed E-state index contributed by atoms with van der Waals surface area (Å²) in [6, 6.07) is 22.0. The Morgan fingerprint density at radius 1 is 0.768 bits per heavy atom. The molecule has 0 aromatic heterocycles. The van der Waals surface area contributed by atoms with Gasteiger partial charge in [0.2, 0.25) is 0 Å². The van der Waals surface area contributed by atoms with Crippen molar-refractivity contribution in [3.8, 4) is 17.2 Å². The normalized spacial score (nSPS) is 11.9. The number of anilines is 2. The predicted octanol–water partition coefficient (Wildman–Crippen LogP) is 9.18. The minimum Gasteiger partial charge on any atom is -0.506 e. The van der Waals surface area contributed by atoms with Crippen LogP contribution in [0.25, 0.3) is 21.5 Å². The van der Waals surface area contributed by atoms with Gasteiger partial charge in [0.05, 0.1) is 41.8 Å². The highest BCUT2D eigenvalue weighted by atomic mass is 32.2. The zero-order chi connectivity index (χ0) is 40.0. The largest absolute Gasteiger partial charge is 0.506 e. The summed E-state index contributed by atoms with van der Waals surface area (Å²) in [4.78, 5) is 12.6. The summed E-state index contributed by atoms with van der Waals surface area (Å²) < 4.78 is 48.5. The smallest absolute Gasteiger partial charge is 0.295 e. The number of nitrogens with two attached hydrogens (primary N) is 1. The van der Waals surface area contributed by atoms with Crippen LogP contribution in [0.2, 0.25) is 0 Å². The lowest BCUT2D eigenvalue weighted by Crippen LogP contribution is -2.11. The Morgan fingerprint density at radius 3 is 2.21 bits per heavy atom. The third-order valence-corrected chi connectivity index (χ3v) is 9.83. The number of fused-ring (bicyclic) bond motifs is 2. The minimum absolute atomic E-state index is 0.0320. The summed E-state index contributed by atoms with van der Waals surface area (Å²) in [7, 11) is -3.40. The van der Waals surface area contributed by atoms with Gasteiger partial charge in [0, 0.05) is 44.7 Å². The number of nitrogens with one attached hydrogen (secondary N) is 1. The monoisotopic (exact) mass is 822 g/mol. The number of carbonyl (C=O) groups is 1. The van der Waals surface area contributed by atoms with Gasteiger partial charge in [-0.2, -0.15) is 13.5 Å². The van der Waals surface area contributed by atoms with Gasteiger partial charge >= 0.3 is 0 Å². The first-order chi connectivity index (χ1) is 26.9. The van der Waals surface area contributed by atoms with E-state index in [2.05, 4.69) is 44.5 Å². The van der Waals surface area contributed by atoms with E-state index in [1.54, 1.807) is 42.5 Å². The summed E-state index contributed by atoms with van der Waals surface area (Å²) >= 11 is 0.990. The van der Waals surface area contributed by atoms with Gasteiger partial charge in [-0.25, -0.2) is 10.5 Å². The molecule has 0 fully saturated rings. The average molecular weight is 823 g/mol. The van der Waals surface area contributed by atoms with Gasteiger partial charge in [-0.05, 0) is 83.6 Å². The second-order valence-electron chi connectivity index (χ2n) is 11.3. The molecule has 0 radical (unpaired) electrons. The molecule has 8 N–H and O–H groups in total. The van der Waals surface area contributed by atoms with Crippen LogP contribution in [-0.2, 0) is 28.9 Å². The lowest BCUT2D eigenvalue weighted by Gasteiger charge is -2.11. The van der Waals surface area contributed by atoms with E-state index in [1.165, 1.54) is 49.6 Å². The molecule has 0 aliphatic carbocycles. The fourth-order valence-corrected chi connectivity index (χ4v) is 6.98. The lowest BCUT2D eigenvalue weighted by molar-refractivity contribution is -0.432. The van der Waals surface area contributed by atoms with Gasteiger partial charge < -0.3 is 26.0 Å². The van der Waals surface area contributed by atoms with E-state index < -0.39 is 26.7 Å². The fraction of sp³-hybridized carbons (Fsp3) is 0.0294. The highest BCUT2D eigenvalue weighted by Gasteiger charge is 2.19. The van der Waals surface area contributed by atoms with Crippen LogP contribution in [0, 0.1) is 0 Å². The molecule has 0 spiro atoms. The number of rotatable bonds is 14. The first-order valence-corrected chi connectivity index (χ1v) is 18.4. The van der Waals surface area contributed by atoms with Crippen LogP contribution < -0.4 is 15.8 Å². The molecule has 0 saturated heterocycles. The van der Waals surface area contributed by atoms with Gasteiger partial charge in [0.25, 0.3) is 16.0 Å². The number of benzene rings is 6. The fourth-order valence-electron chi connectivity index (χ4n) is 5.23. The molecule has 1 amide bonds. The Kier molecular flexibility index (Phi) is 12.3. The molecule has 0 aliphatic heterocycles. The molecular formula is C34H26N6O13S3. The van der Waals surface area contributed by atoms with Crippen LogP contribution in [-0.4, -0.2) is 46.7 Å². The number of phenols is 2. The number of phenolic OH excluding ortho intramolecular Hbond substituents is 2. The maximum Gasteiger partial charge on any atom is 0.295 e. The highest BCUT2D eigenvalue weighted by Crippen LogP contribution is 2.46. The van der Waals surface area contributed by atoms with E-state index in [0.717, 1.165) is 6.07 Å². The van der Waals surface area contributed by atoms with Crippen LogP contribution in [0.3, 0.4) is 0 Å². The molecule has 0 unspecified atom stereocenters. The number of methoxy groups -OCH3 is 1. The van der Waals surface area contributed by atoms with Crippen molar-refractivity contribution < 1.29 is 62.0 Å². The second-order valence-corrected chi connectivity index (χ2v) is 14.2. The maximum absolute atomic E-state index is 12.7. The molecule has 0 aliphatic rings. The topological polar surface area (TPSA) is 286 Å². The number of hydrogen-bond donors (Lipinski definition) is 7. The van der Waals surface area contributed by atoms with Gasteiger partial charge in [0.15, 0.2) is 5.75 Å². The van der Waals surface area contributed by atoms with Crippen LogP contribution in [0.1, 0.15) is 10.4 Å². The number of carbonyl (C=O) groups excluding carboxylic acids is 1. The quantitative estimate of drug-likeness (QED) is 0.0134.